The first-order valence-corrected chi connectivity index (χ1v) is 22.3. The molecular weight excluding hydrogens is 851 g/mol. The number of carboxylic acid groups (broad SMARTS) is 1. The minimum absolute atomic E-state index is 0.107. The van der Waals surface area contributed by atoms with Gasteiger partial charge in [0.1, 0.15) is 18.1 Å². The number of aliphatic hydroxyl groups excluding tert-OH is 9. The number of carbonyl (C=O) groups is 2. The number of rotatable bonds is 3. The van der Waals surface area contributed by atoms with Crippen molar-refractivity contribution >= 4 is 11.9 Å². The van der Waals surface area contributed by atoms with Crippen LogP contribution in [0.4, 0.5) is 0 Å². The Bertz CT molecular complexity index is 1670. The third-order valence-corrected chi connectivity index (χ3v) is 12.0. The van der Waals surface area contributed by atoms with Crippen molar-refractivity contribution in [2.24, 2.45) is 23.5 Å². The van der Waals surface area contributed by atoms with E-state index in [1.54, 1.807) is 80.7 Å². The summed E-state index contributed by atoms with van der Waals surface area (Å²) in [5.41, 5.74) is 6.02. The predicted molar refractivity (Wildman–Crippen MR) is 237 cm³/mol. The van der Waals surface area contributed by atoms with Crippen molar-refractivity contribution in [3.63, 3.8) is 0 Å². The van der Waals surface area contributed by atoms with Gasteiger partial charge in [0.15, 0.2) is 12.1 Å². The molecule has 13 N–H and O–H groups in total. The Hall–Kier alpha value is -3.44. The number of fused-ring (bicyclic) bond motifs is 2. The van der Waals surface area contributed by atoms with Crippen molar-refractivity contribution < 1.29 is 84.7 Å². The van der Waals surface area contributed by atoms with Crippen molar-refractivity contribution in [3.05, 3.63) is 85.1 Å². The van der Waals surface area contributed by atoms with Crippen LogP contribution in [0.5, 0.6) is 0 Å². The number of allylic oxidation sites excluding steroid dienone is 12. The minimum Gasteiger partial charge on any atom is -0.481 e. The summed E-state index contributed by atoms with van der Waals surface area (Å²) >= 11 is 0. The van der Waals surface area contributed by atoms with E-state index in [1.165, 1.54) is 13.0 Å². The topological polar surface area (TPSA) is 320 Å². The molecule has 0 radical (unpaired) electrons. The summed E-state index contributed by atoms with van der Waals surface area (Å²) in [7, 11) is 0. The number of carbonyl (C=O) groups excluding carboxylic acids is 1. The van der Waals surface area contributed by atoms with E-state index in [4.69, 9.17) is 24.7 Å². The summed E-state index contributed by atoms with van der Waals surface area (Å²) in [6, 6.07) is -1.15. The molecule has 3 heterocycles. The Kier molecular flexibility index (Phi) is 23.6. The molecule has 3 aliphatic heterocycles. The molecule has 0 amide bonds. The smallest absolute Gasteiger partial charge is 0.311 e. The third-order valence-electron chi connectivity index (χ3n) is 12.0. The number of cyclic esters (lactones) is 1. The number of aliphatic hydroxyl groups is 10. The first-order valence-electron chi connectivity index (χ1n) is 22.3. The molecule has 0 aromatic carbocycles. The highest BCUT2D eigenvalue weighted by Gasteiger charge is 2.51. The maximum absolute atomic E-state index is 12.6. The van der Waals surface area contributed by atoms with Gasteiger partial charge < -0.3 is 80.9 Å². The van der Waals surface area contributed by atoms with Crippen molar-refractivity contribution in [2.75, 3.05) is 0 Å². The number of ether oxygens (including phenoxy) is 4. The van der Waals surface area contributed by atoms with Crippen molar-refractivity contribution in [1.82, 2.24) is 0 Å². The van der Waals surface area contributed by atoms with E-state index in [0.29, 0.717) is 0 Å². The van der Waals surface area contributed by atoms with Crippen molar-refractivity contribution in [1.29, 1.82) is 0 Å². The zero-order chi connectivity index (χ0) is 48.4. The second kappa shape index (κ2) is 27.4. The quantitative estimate of drug-likeness (QED) is 0.174. The summed E-state index contributed by atoms with van der Waals surface area (Å²) in [4.78, 5) is 25.1. The minimum atomic E-state index is -2.33. The molecule has 65 heavy (non-hydrogen) atoms. The fourth-order valence-corrected chi connectivity index (χ4v) is 7.97. The van der Waals surface area contributed by atoms with Crippen molar-refractivity contribution in [3.8, 4) is 0 Å². The average Bonchev–Trinajstić information content (AvgIpc) is 3.21. The summed E-state index contributed by atoms with van der Waals surface area (Å²) in [5, 5.41) is 118. The number of hydrogen-bond donors (Lipinski definition) is 12. The maximum Gasteiger partial charge on any atom is 0.311 e. The zero-order valence-corrected chi connectivity index (χ0v) is 37.6. The van der Waals surface area contributed by atoms with E-state index >= 15 is 0 Å². The normalized spacial score (nSPS) is 42.0. The molecule has 2 bridgehead atoms. The standard InChI is InChI=1S/C47H73NO17/c1-27-17-15-13-11-9-7-5-6-8-10-12-14-16-18-34(64-46-44(58)41(48)43(57)30(4)63-46)24-38-40(45(59)60)37(54)26-47(61,65-38)25-33(51)22-36(53)35(52)20-19-31(49)21-32(50)23-39(55)62-29(3)28(2)42(27)56/h5-18,27-38,40-44,46,49-54,56-58,61H,19-26,48H2,1-4H3,(H,59,60)/t27?,28?,29?,30?,31?,32?,33?,34?,35?,36?,37?,38?,40?,41?,42?,43?,44?,46-,47?/m1/s1. The second-order valence-corrected chi connectivity index (χ2v) is 17.6. The molecule has 19 atom stereocenters. The van der Waals surface area contributed by atoms with Gasteiger partial charge in [0, 0.05) is 37.5 Å². The molecular formula is C47H73NO17. The van der Waals surface area contributed by atoms with Gasteiger partial charge in [-0.1, -0.05) is 98.9 Å². The number of carboxylic acids is 1. The summed E-state index contributed by atoms with van der Waals surface area (Å²) in [6.07, 6.45) is 3.46. The Morgan fingerprint density at radius 1 is 0.662 bits per heavy atom. The lowest BCUT2D eigenvalue weighted by molar-refractivity contribution is -0.308. The van der Waals surface area contributed by atoms with E-state index in [1.807, 2.05) is 19.1 Å². The van der Waals surface area contributed by atoms with Gasteiger partial charge in [-0.05, 0) is 33.1 Å². The van der Waals surface area contributed by atoms with Crippen LogP contribution in [-0.2, 0) is 28.5 Å². The Morgan fingerprint density at radius 2 is 1.23 bits per heavy atom. The van der Waals surface area contributed by atoms with Crippen LogP contribution in [0.15, 0.2) is 85.1 Å². The average molecular weight is 924 g/mol. The third kappa shape index (κ3) is 18.6. The highest BCUT2D eigenvalue weighted by Crippen LogP contribution is 2.38. The van der Waals surface area contributed by atoms with E-state index in [2.05, 4.69) is 0 Å². The Balaban J connectivity index is 1.86. The number of nitrogens with two attached hydrogens (primary N) is 1. The van der Waals surface area contributed by atoms with Crippen LogP contribution in [0.1, 0.15) is 79.1 Å². The van der Waals surface area contributed by atoms with Crippen LogP contribution < -0.4 is 5.73 Å². The molecule has 2 saturated heterocycles. The van der Waals surface area contributed by atoms with Crippen LogP contribution in [0.2, 0.25) is 0 Å². The molecule has 0 saturated carbocycles. The number of hydrogen-bond acceptors (Lipinski definition) is 17. The van der Waals surface area contributed by atoms with Gasteiger partial charge in [0.05, 0.1) is 79.6 Å². The van der Waals surface area contributed by atoms with Crippen LogP contribution in [0.25, 0.3) is 0 Å². The lowest BCUT2D eigenvalue weighted by Gasteiger charge is -2.45. The van der Waals surface area contributed by atoms with Crippen LogP contribution in [0, 0.1) is 17.8 Å². The van der Waals surface area contributed by atoms with Crippen molar-refractivity contribution in [2.45, 2.75) is 177 Å². The lowest BCUT2D eigenvalue weighted by atomic mass is 9.82. The molecule has 0 aromatic heterocycles. The molecule has 0 aliphatic carbocycles. The second-order valence-electron chi connectivity index (χ2n) is 17.6. The Labute approximate surface area is 381 Å². The largest absolute Gasteiger partial charge is 0.481 e. The molecule has 2 fully saturated rings. The van der Waals surface area contributed by atoms with E-state index in [-0.39, 0.29) is 31.6 Å². The van der Waals surface area contributed by atoms with Crippen LogP contribution >= 0.6 is 0 Å². The van der Waals surface area contributed by atoms with Gasteiger partial charge in [-0.25, -0.2) is 0 Å². The van der Waals surface area contributed by atoms with Gasteiger partial charge in [0.25, 0.3) is 0 Å². The molecule has 0 spiro atoms. The zero-order valence-electron chi connectivity index (χ0n) is 37.6. The van der Waals surface area contributed by atoms with E-state index in [9.17, 15) is 65.8 Å². The monoisotopic (exact) mass is 923 g/mol. The maximum atomic E-state index is 12.6. The fourth-order valence-electron chi connectivity index (χ4n) is 7.97. The SMILES string of the molecule is CC1C=CC=CC=CC=CC=CC=CC=CC(O[C@H]2OC(C)C(O)C(N)C2O)CC2OC(O)(CC(O)CC(O)C(O)CCC(O)CC(O)CC(=O)OC(C)C(C)C1O)CC(O)C2C(=O)O. The van der Waals surface area contributed by atoms with Crippen LogP contribution in [-0.4, -0.2) is 166 Å². The summed E-state index contributed by atoms with van der Waals surface area (Å²) < 4.78 is 23.1. The molecule has 368 valence electrons. The Morgan fingerprint density at radius 3 is 1.82 bits per heavy atom. The van der Waals surface area contributed by atoms with Gasteiger partial charge in [-0.3, -0.25) is 9.59 Å². The van der Waals surface area contributed by atoms with Gasteiger partial charge in [-0.2, -0.15) is 0 Å². The first-order chi connectivity index (χ1) is 30.6. The number of aliphatic carboxylic acids is 1. The summed E-state index contributed by atoms with van der Waals surface area (Å²) in [6.45, 7) is 6.74. The highest BCUT2D eigenvalue weighted by atomic mass is 16.7. The first kappa shape index (κ1) is 55.9. The fraction of sp³-hybridized carbons (Fsp3) is 0.660. The van der Waals surface area contributed by atoms with Gasteiger partial charge >= 0.3 is 11.9 Å². The highest BCUT2D eigenvalue weighted by molar-refractivity contribution is 5.71. The molecule has 0 aromatic rings. The number of esters is 1. The van der Waals surface area contributed by atoms with Crippen LogP contribution in [0.3, 0.4) is 0 Å². The molecule has 18 unspecified atom stereocenters. The molecule has 3 rings (SSSR count). The molecule has 3 aliphatic rings. The van der Waals surface area contributed by atoms with E-state index in [0.717, 1.165) is 0 Å². The lowest BCUT2D eigenvalue weighted by Crippen LogP contribution is -2.61. The van der Waals surface area contributed by atoms with E-state index < -0.39 is 147 Å². The predicted octanol–water partition coefficient (Wildman–Crippen LogP) is 0.712. The van der Waals surface area contributed by atoms with Gasteiger partial charge in [0.2, 0.25) is 0 Å². The molecule has 18 heteroatoms. The van der Waals surface area contributed by atoms with Gasteiger partial charge in [-0.15, -0.1) is 0 Å². The summed E-state index contributed by atoms with van der Waals surface area (Å²) in [5.74, 6) is -6.83. The molecule has 18 nitrogen and oxygen atoms in total.